The summed E-state index contributed by atoms with van der Waals surface area (Å²) in [6, 6.07) is 0. The minimum absolute atomic E-state index is 0.583. The Kier molecular flexibility index (Phi) is 5.22. The van der Waals surface area contributed by atoms with Crippen molar-refractivity contribution in [1.82, 2.24) is 15.5 Å². The summed E-state index contributed by atoms with van der Waals surface area (Å²) in [6.07, 6.45) is 4.00. The molecule has 2 N–H and O–H groups in total. The van der Waals surface area contributed by atoms with Crippen LogP contribution < -0.4 is 10.6 Å². The van der Waals surface area contributed by atoms with E-state index in [1.807, 2.05) is 0 Å². The van der Waals surface area contributed by atoms with Crippen LogP contribution in [0.25, 0.3) is 0 Å². The van der Waals surface area contributed by atoms with Gasteiger partial charge in [-0.15, -0.1) is 0 Å². The summed E-state index contributed by atoms with van der Waals surface area (Å²) in [5, 5.41) is 7.01. The van der Waals surface area contributed by atoms with Crippen LogP contribution in [0.3, 0.4) is 0 Å². The molecule has 0 amide bonds. The molecule has 4 heteroatoms. The van der Waals surface area contributed by atoms with E-state index >= 15 is 0 Å². The number of methoxy groups -OCH3 is 1. The first-order valence-corrected chi connectivity index (χ1v) is 6.97. The van der Waals surface area contributed by atoms with Crippen molar-refractivity contribution in [3.8, 4) is 0 Å². The molecule has 0 unspecified atom stereocenters. The average Bonchev–Trinajstić information content (AvgIpc) is 3.14. The first-order valence-electron chi connectivity index (χ1n) is 6.97. The van der Waals surface area contributed by atoms with Crippen molar-refractivity contribution in [2.45, 2.75) is 19.3 Å². The fourth-order valence-corrected chi connectivity index (χ4v) is 2.54. The number of rotatable bonds is 8. The highest BCUT2D eigenvalue weighted by atomic mass is 16.5. The molecule has 1 aliphatic carbocycles. The van der Waals surface area contributed by atoms with Crippen LogP contribution in [0, 0.1) is 5.41 Å². The van der Waals surface area contributed by atoms with Gasteiger partial charge in [0.1, 0.15) is 0 Å². The largest absolute Gasteiger partial charge is 0.385 e. The van der Waals surface area contributed by atoms with Gasteiger partial charge in [0.05, 0.1) is 0 Å². The molecule has 0 aromatic rings. The van der Waals surface area contributed by atoms with Gasteiger partial charge in [0.15, 0.2) is 0 Å². The molecule has 0 atom stereocenters. The quantitative estimate of drug-likeness (QED) is 0.599. The summed E-state index contributed by atoms with van der Waals surface area (Å²) < 4.78 is 5.18. The Morgan fingerprint density at radius 3 is 2.71 bits per heavy atom. The number of nitrogens with one attached hydrogen (secondary N) is 2. The maximum absolute atomic E-state index is 5.18. The number of hydrogen-bond donors (Lipinski definition) is 2. The molecule has 2 rings (SSSR count). The Morgan fingerprint density at radius 2 is 2.06 bits per heavy atom. The van der Waals surface area contributed by atoms with Crippen LogP contribution in [0.5, 0.6) is 0 Å². The molecule has 1 saturated heterocycles. The van der Waals surface area contributed by atoms with Gasteiger partial charge in [-0.05, 0) is 24.7 Å². The topological polar surface area (TPSA) is 36.5 Å². The fraction of sp³-hybridized carbons (Fsp3) is 1.00. The Morgan fingerprint density at radius 1 is 1.29 bits per heavy atom. The molecule has 0 aromatic heterocycles. The van der Waals surface area contributed by atoms with Crippen LogP contribution in [0.1, 0.15) is 19.3 Å². The van der Waals surface area contributed by atoms with Crippen LogP contribution in [0.15, 0.2) is 0 Å². The normalized spacial score (nSPS) is 23.8. The number of hydrogen-bond acceptors (Lipinski definition) is 4. The summed E-state index contributed by atoms with van der Waals surface area (Å²) in [6.45, 7) is 9.14. The third-order valence-corrected chi connectivity index (χ3v) is 4.11. The second-order valence-corrected chi connectivity index (χ2v) is 5.51. The monoisotopic (exact) mass is 241 g/mol. The lowest BCUT2D eigenvalue weighted by Gasteiger charge is -2.27. The molecule has 1 aliphatic heterocycles. The van der Waals surface area contributed by atoms with Crippen molar-refractivity contribution in [3.05, 3.63) is 0 Å². The van der Waals surface area contributed by atoms with Crippen molar-refractivity contribution >= 4 is 0 Å². The minimum atomic E-state index is 0.583. The van der Waals surface area contributed by atoms with Crippen LogP contribution in [0.2, 0.25) is 0 Å². The zero-order valence-electron chi connectivity index (χ0n) is 11.1. The molecule has 1 saturated carbocycles. The Hall–Kier alpha value is -0.160. The highest BCUT2D eigenvalue weighted by Gasteiger charge is 2.41. The van der Waals surface area contributed by atoms with Crippen molar-refractivity contribution in [3.63, 3.8) is 0 Å². The van der Waals surface area contributed by atoms with E-state index < -0.39 is 0 Å². The van der Waals surface area contributed by atoms with Gasteiger partial charge in [-0.2, -0.15) is 0 Å². The van der Waals surface area contributed by atoms with Crippen LogP contribution in [0.4, 0.5) is 0 Å². The molecule has 0 bridgehead atoms. The van der Waals surface area contributed by atoms with Crippen molar-refractivity contribution < 1.29 is 4.74 Å². The van der Waals surface area contributed by atoms with Gasteiger partial charge in [0.2, 0.25) is 0 Å². The van der Waals surface area contributed by atoms with Gasteiger partial charge < -0.3 is 15.4 Å². The maximum atomic E-state index is 5.18. The molecule has 4 nitrogen and oxygen atoms in total. The first-order chi connectivity index (χ1) is 8.35. The number of ether oxygens (including phenoxy) is 1. The predicted octanol–water partition coefficient (Wildman–Crippen LogP) is 0.298. The molecule has 0 radical (unpaired) electrons. The zero-order chi connectivity index (χ0) is 12.0. The van der Waals surface area contributed by atoms with Crippen molar-refractivity contribution in [1.29, 1.82) is 0 Å². The summed E-state index contributed by atoms with van der Waals surface area (Å²) in [5.41, 5.74) is 0.583. The highest BCUT2D eigenvalue weighted by Crippen LogP contribution is 2.48. The third-order valence-electron chi connectivity index (χ3n) is 4.11. The average molecular weight is 241 g/mol. The molecular formula is C13H27N3O. The molecule has 0 spiro atoms. The van der Waals surface area contributed by atoms with Gasteiger partial charge in [0.25, 0.3) is 0 Å². The fourth-order valence-electron chi connectivity index (χ4n) is 2.54. The molecule has 17 heavy (non-hydrogen) atoms. The van der Waals surface area contributed by atoms with Gasteiger partial charge in [-0.25, -0.2) is 0 Å². The highest BCUT2D eigenvalue weighted by molar-refractivity contribution is 4.94. The lowest BCUT2D eigenvalue weighted by atomic mass is 10.0. The lowest BCUT2D eigenvalue weighted by Crippen LogP contribution is -2.46. The van der Waals surface area contributed by atoms with Gasteiger partial charge in [-0.1, -0.05) is 0 Å². The SMILES string of the molecule is COCCC1(CNCCN2CCNCC2)CC1. The molecule has 2 fully saturated rings. The molecule has 100 valence electrons. The number of nitrogens with zero attached hydrogens (tertiary/aromatic N) is 1. The summed E-state index contributed by atoms with van der Waals surface area (Å²) in [4.78, 5) is 2.54. The van der Waals surface area contributed by atoms with Crippen molar-refractivity contribution in [2.75, 3.05) is 59.5 Å². The van der Waals surface area contributed by atoms with E-state index in [4.69, 9.17) is 4.74 Å². The van der Waals surface area contributed by atoms with E-state index in [-0.39, 0.29) is 0 Å². The Balaban J connectivity index is 1.50. The van der Waals surface area contributed by atoms with Crippen LogP contribution >= 0.6 is 0 Å². The number of piperazine rings is 1. The summed E-state index contributed by atoms with van der Waals surface area (Å²) in [7, 11) is 1.80. The molecular weight excluding hydrogens is 214 g/mol. The Bertz CT molecular complexity index is 213. The Labute approximate surface area is 105 Å². The predicted molar refractivity (Wildman–Crippen MR) is 70.3 cm³/mol. The van der Waals surface area contributed by atoms with E-state index in [2.05, 4.69) is 15.5 Å². The van der Waals surface area contributed by atoms with E-state index in [9.17, 15) is 0 Å². The molecule has 2 aliphatic rings. The van der Waals surface area contributed by atoms with E-state index in [1.165, 1.54) is 45.4 Å². The third kappa shape index (κ3) is 4.54. The maximum Gasteiger partial charge on any atom is 0.0468 e. The van der Waals surface area contributed by atoms with Gasteiger partial charge in [-0.3, -0.25) is 4.90 Å². The van der Waals surface area contributed by atoms with Crippen LogP contribution in [-0.2, 0) is 4.74 Å². The standard InChI is InChI=1S/C13H27N3O/c1-17-11-4-13(2-3-13)12-15-7-10-16-8-5-14-6-9-16/h14-15H,2-12H2,1H3. The van der Waals surface area contributed by atoms with E-state index in [1.54, 1.807) is 7.11 Å². The first kappa shape index (κ1) is 13.3. The lowest BCUT2D eigenvalue weighted by molar-refractivity contribution is 0.170. The molecule has 0 aromatic carbocycles. The summed E-state index contributed by atoms with van der Waals surface area (Å²) >= 11 is 0. The summed E-state index contributed by atoms with van der Waals surface area (Å²) in [5.74, 6) is 0. The second kappa shape index (κ2) is 6.69. The minimum Gasteiger partial charge on any atom is -0.385 e. The van der Waals surface area contributed by atoms with Crippen LogP contribution in [-0.4, -0.2) is 64.4 Å². The molecule has 1 heterocycles. The van der Waals surface area contributed by atoms with Gasteiger partial charge >= 0.3 is 0 Å². The zero-order valence-corrected chi connectivity index (χ0v) is 11.1. The van der Waals surface area contributed by atoms with E-state index in [0.717, 1.165) is 26.2 Å². The van der Waals surface area contributed by atoms with Crippen molar-refractivity contribution in [2.24, 2.45) is 5.41 Å². The van der Waals surface area contributed by atoms with Gasteiger partial charge in [0, 0.05) is 59.5 Å². The van der Waals surface area contributed by atoms with E-state index in [0.29, 0.717) is 5.41 Å². The smallest absolute Gasteiger partial charge is 0.0468 e. The second-order valence-electron chi connectivity index (χ2n) is 5.51.